The van der Waals surface area contributed by atoms with Crippen LogP contribution in [0.4, 0.5) is 5.69 Å². The van der Waals surface area contributed by atoms with Gasteiger partial charge in [-0.1, -0.05) is 13.8 Å². The fraction of sp³-hybridized carbons (Fsp3) is 0.462. The molecule has 0 spiro atoms. The molecule has 1 amide bonds. The summed E-state index contributed by atoms with van der Waals surface area (Å²) in [4.78, 5) is 13.8. The quantitative estimate of drug-likeness (QED) is 0.806. The number of carbonyl (C=O) groups is 1. The average Bonchev–Trinajstić information content (AvgIpc) is 2.30. The second-order valence-corrected chi connectivity index (χ2v) is 7.69. The van der Waals surface area contributed by atoms with E-state index in [0.717, 1.165) is 11.3 Å². The van der Waals surface area contributed by atoms with Gasteiger partial charge in [-0.2, -0.15) is 0 Å². The number of aryl methyl sites for hydroxylation is 1. The van der Waals surface area contributed by atoms with E-state index in [1.54, 1.807) is 17.0 Å². The summed E-state index contributed by atoms with van der Waals surface area (Å²) in [5.74, 6) is 0.439. The molecule has 0 radical (unpaired) electrons. The van der Waals surface area contributed by atoms with Crippen LogP contribution in [0.15, 0.2) is 23.1 Å². The number of fused-ring (bicyclic) bond motifs is 1. The number of halogens is 1. The molecular weight excluding hydrogens is 286 g/mol. The van der Waals surface area contributed by atoms with Crippen LogP contribution >= 0.6 is 10.7 Å². The van der Waals surface area contributed by atoms with E-state index in [1.165, 1.54) is 6.07 Å². The van der Waals surface area contributed by atoms with Gasteiger partial charge in [-0.3, -0.25) is 4.79 Å². The lowest BCUT2D eigenvalue weighted by atomic mass is 10.00. The molecule has 1 aromatic carbocycles. The highest BCUT2D eigenvalue weighted by Crippen LogP contribution is 2.31. The van der Waals surface area contributed by atoms with Crippen LogP contribution in [0.3, 0.4) is 0 Å². The summed E-state index contributed by atoms with van der Waals surface area (Å²) < 4.78 is 22.7. The molecule has 0 aromatic heterocycles. The van der Waals surface area contributed by atoms with Crippen LogP contribution in [0.5, 0.6) is 0 Å². The molecule has 2 rings (SSSR count). The van der Waals surface area contributed by atoms with Crippen LogP contribution < -0.4 is 4.90 Å². The maximum Gasteiger partial charge on any atom is 0.261 e. The fourth-order valence-electron chi connectivity index (χ4n) is 2.25. The minimum Gasteiger partial charge on any atom is -0.312 e. The second kappa shape index (κ2) is 5.13. The summed E-state index contributed by atoms with van der Waals surface area (Å²) in [6, 6.07) is 4.69. The highest BCUT2D eigenvalue weighted by molar-refractivity contribution is 8.13. The molecule has 1 aliphatic heterocycles. The van der Waals surface area contributed by atoms with Crippen molar-refractivity contribution in [1.29, 1.82) is 0 Å². The lowest BCUT2D eigenvalue weighted by Crippen LogP contribution is -2.37. The maximum absolute atomic E-state index is 12.0. The summed E-state index contributed by atoms with van der Waals surface area (Å²) in [5.41, 5.74) is 1.66. The first kappa shape index (κ1) is 14.3. The Hall–Kier alpha value is -1.07. The predicted octanol–water partition coefficient (Wildman–Crippen LogP) is 2.55. The number of benzene rings is 1. The van der Waals surface area contributed by atoms with Crippen molar-refractivity contribution < 1.29 is 13.2 Å². The van der Waals surface area contributed by atoms with Gasteiger partial charge >= 0.3 is 0 Å². The lowest BCUT2D eigenvalue weighted by molar-refractivity contribution is -0.119. The number of anilines is 1. The average molecular weight is 302 g/mol. The zero-order valence-electron chi connectivity index (χ0n) is 10.9. The molecular formula is C13H16ClNO3S. The Morgan fingerprint density at radius 3 is 2.58 bits per heavy atom. The molecule has 0 aliphatic carbocycles. The van der Waals surface area contributed by atoms with Crippen molar-refractivity contribution in [2.75, 3.05) is 11.4 Å². The Balaban J connectivity index is 2.44. The number of rotatable bonds is 3. The Kier molecular flexibility index (Phi) is 3.87. The van der Waals surface area contributed by atoms with E-state index in [1.807, 2.05) is 13.8 Å². The van der Waals surface area contributed by atoms with Gasteiger partial charge in [0.1, 0.15) is 0 Å². The van der Waals surface area contributed by atoms with E-state index in [4.69, 9.17) is 10.7 Å². The van der Waals surface area contributed by atoms with Crippen molar-refractivity contribution in [2.24, 2.45) is 5.92 Å². The predicted molar refractivity (Wildman–Crippen MR) is 75.0 cm³/mol. The normalized spacial score (nSPS) is 15.8. The third-order valence-corrected chi connectivity index (χ3v) is 4.43. The molecule has 0 bridgehead atoms. The van der Waals surface area contributed by atoms with Crippen LogP contribution in [0.1, 0.15) is 25.8 Å². The molecule has 1 aliphatic rings. The smallest absolute Gasteiger partial charge is 0.261 e. The zero-order chi connectivity index (χ0) is 14.2. The number of hydrogen-bond acceptors (Lipinski definition) is 3. The molecule has 0 unspecified atom stereocenters. The first-order valence-corrected chi connectivity index (χ1v) is 8.48. The minimum absolute atomic E-state index is 0.0858. The van der Waals surface area contributed by atoms with Gasteiger partial charge in [0.25, 0.3) is 9.05 Å². The van der Waals surface area contributed by atoms with E-state index in [2.05, 4.69) is 0 Å². The van der Waals surface area contributed by atoms with E-state index in [-0.39, 0.29) is 10.8 Å². The van der Waals surface area contributed by atoms with Gasteiger partial charge in [0, 0.05) is 29.3 Å². The Labute approximate surface area is 117 Å². The summed E-state index contributed by atoms with van der Waals surface area (Å²) in [6.45, 7) is 4.72. The third kappa shape index (κ3) is 3.09. The van der Waals surface area contributed by atoms with Crippen LogP contribution in [0.25, 0.3) is 0 Å². The molecule has 0 N–H and O–H groups in total. The highest BCUT2D eigenvalue weighted by atomic mass is 35.7. The monoisotopic (exact) mass is 301 g/mol. The van der Waals surface area contributed by atoms with Gasteiger partial charge < -0.3 is 4.90 Å². The first-order valence-electron chi connectivity index (χ1n) is 6.17. The third-order valence-electron chi connectivity index (χ3n) is 3.08. The number of nitrogens with zero attached hydrogens (tertiary/aromatic N) is 1. The molecule has 104 valence electrons. The van der Waals surface area contributed by atoms with Crippen molar-refractivity contribution in [3.8, 4) is 0 Å². The number of amides is 1. The molecule has 1 heterocycles. The van der Waals surface area contributed by atoms with Crippen LogP contribution in [-0.2, 0) is 20.3 Å². The van der Waals surface area contributed by atoms with E-state index in [9.17, 15) is 13.2 Å². The number of hydrogen-bond donors (Lipinski definition) is 0. The molecule has 4 nitrogen and oxygen atoms in total. The van der Waals surface area contributed by atoms with E-state index in [0.29, 0.717) is 25.3 Å². The van der Waals surface area contributed by atoms with Crippen molar-refractivity contribution in [2.45, 2.75) is 31.6 Å². The lowest BCUT2D eigenvalue weighted by Gasteiger charge is -2.31. The minimum atomic E-state index is -3.72. The van der Waals surface area contributed by atoms with Gasteiger partial charge in [0.05, 0.1) is 4.90 Å². The maximum atomic E-state index is 12.0. The van der Waals surface area contributed by atoms with Crippen molar-refractivity contribution in [3.63, 3.8) is 0 Å². The topological polar surface area (TPSA) is 54.5 Å². The molecule has 19 heavy (non-hydrogen) atoms. The Bertz CT molecular complexity index is 610. The van der Waals surface area contributed by atoms with Crippen molar-refractivity contribution in [1.82, 2.24) is 0 Å². The second-order valence-electron chi connectivity index (χ2n) is 5.13. The summed E-state index contributed by atoms with van der Waals surface area (Å²) >= 11 is 0. The van der Waals surface area contributed by atoms with E-state index < -0.39 is 9.05 Å². The van der Waals surface area contributed by atoms with Crippen LogP contribution in [0, 0.1) is 5.92 Å². The van der Waals surface area contributed by atoms with Crippen molar-refractivity contribution in [3.05, 3.63) is 23.8 Å². The summed E-state index contributed by atoms with van der Waals surface area (Å²) in [5, 5.41) is 0. The summed E-state index contributed by atoms with van der Waals surface area (Å²) in [6.07, 6.45) is 0.967. The SMILES string of the molecule is CC(C)CN1C(=O)CCc2cc(S(=O)(=O)Cl)ccc21. The fourth-order valence-corrected chi connectivity index (χ4v) is 3.05. The standard InChI is InChI=1S/C13H16ClNO3S/c1-9(2)8-15-12-5-4-11(19(14,17)18)7-10(12)3-6-13(15)16/h4-5,7,9H,3,6,8H2,1-2H3. The summed E-state index contributed by atoms with van der Waals surface area (Å²) in [7, 11) is 1.62. The van der Waals surface area contributed by atoms with Gasteiger partial charge in [-0.25, -0.2) is 8.42 Å². The Morgan fingerprint density at radius 2 is 2.00 bits per heavy atom. The molecule has 0 saturated heterocycles. The van der Waals surface area contributed by atoms with Gasteiger partial charge in [0.15, 0.2) is 0 Å². The number of carbonyl (C=O) groups excluding carboxylic acids is 1. The van der Waals surface area contributed by atoms with Crippen LogP contribution in [0.2, 0.25) is 0 Å². The molecule has 1 aromatic rings. The molecule has 0 atom stereocenters. The van der Waals surface area contributed by atoms with Crippen molar-refractivity contribution >= 4 is 31.3 Å². The largest absolute Gasteiger partial charge is 0.312 e. The Morgan fingerprint density at radius 1 is 1.32 bits per heavy atom. The van der Waals surface area contributed by atoms with Gasteiger partial charge in [0.2, 0.25) is 5.91 Å². The highest BCUT2D eigenvalue weighted by Gasteiger charge is 2.25. The first-order chi connectivity index (χ1) is 8.79. The zero-order valence-corrected chi connectivity index (χ0v) is 12.5. The van der Waals surface area contributed by atoms with Gasteiger partial charge in [-0.05, 0) is 36.1 Å². The van der Waals surface area contributed by atoms with Crippen LogP contribution in [-0.4, -0.2) is 20.9 Å². The molecule has 6 heteroatoms. The van der Waals surface area contributed by atoms with Gasteiger partial charge in [-0.15, -0.1) is 0 Å². The molecule has 0 fully saturated rings. The molecule has 0 saturated carbocycles. The van der Waals surface area contributed by atoms with E-state index >= 15 is 0 Å².